The standard InChI is InChI=1S/C14H11FN2O/c1-10-5-6-17(14(18)13(10)8-16)9-11-3-2-4-12(15)7-11/h2-7H,9H2,1H3. The molecule has 1 aromatic carbocycles. The summed E-state index contributed by atoms with van der Waals surface area (Å²) in [4.78, 5) is 12.0. The van der Waals surface area contributed by atoms with Crippen LogP contribution in [0.15, 0.2) is 41.3 Å². The number of nitrogens with zero attached hydrogens (tertiary/aromatic N) is 2. The van der Waals surface area contributed by atoms with Gasteiger partial charge in [0.15, 0.2) is 0 Å². The van der Waals surface area contributed by atoms with Crippen molar-refractivity contribution < 1.29 is 4.39 Å². The second-order valence-electron chi connectivity index (χ2n) is 4.05. The highest BCUT2D eigenvalue weighted by molar-refractivity contribution is 5.34. The topological polar surface area (TPSA) is 45.8 Å². The number of pyridine rings is 1. The Kier molecular flexibility index (Phi) is 3.24. The first-order chi connectivity index (χ1) is 8.61. The Balaban J connectivity index is 2.43. The van der Waals surface area contributed by atoms with Crippen molar-refractivity contribution in [2.75, 3.05) is 0 Å². The third-order valence-corrected chi connectivity index (χ3v) is 2.73. The fourth-order valence-electron chi connectivity index (χ4n) is 1.76. The van der Waals surface area contributed by atoms with Crippen LogP contribution in [0.5, 0.6) is 0 Å². The SMILES string of the molecule is Cc1ccn(Cc2cccc(F)c2)c(=O)c1C#N. The predicted molar refractivity (Wildman–Crippen MR) is 65.7 cm³/mol. The predicted octanol–water partition coefficient (Wildman–Crippen LogP) is 2.22. The molecule has 0 N–H and O–H groups in total. The summed E-state index contributed by atoms with van der Waals surface area (Å²) in [6.45, 7) is 1.97. The minimum Gasteiger partial charge on any atom is -0.310 e. The third kappa shape index (κ3) is 2.30. The molecule has 0 radical (unpaired) electrons. The lowest BCUT2D eigenvalue weighted by molar-refractivity contribution is 0.622. The van der Waals surface area contributed by atoms with E-state index in [1.807, 2.05) is 6.07 Å². The first-order valence-electron chi connectivity index (χ1n) is 5.46. The molecule has 0 atom stereocenters. The molecule has 2 aromatic rings. The van der Waals surface area contributed by atoms with Gasteiger partial charge < -0.3 is 4.57 Å². The number of aryl methyl sites for hydroxylation is 1. The number of rotatable bonds is 2. The van der Waals surface area contributed by atoms with Crippen LogP contribution in [0.25, 0.3) is 0 Å². The van der Waals surface area contributed by atoms with Crippen LogP contribution in [0.2, 0.25) is 0 Å². The van der Waals surface area contributed by atoms with E-state index in [9.17, 15) is 9.18 Å². The summed E-state index contributed by atoms with van der Waals surface area (Å²) >= 11 is 0. The van der Waals surface area contributed by atoms with E-state index in [1.165, 1.54) is 16.7 Å². The molecule has 90 valence electrons. The molecule has 0 bridgehead atoms. The molecule has 0 amide bonds. The van der Waals surface area contributed by atoms with Crippen LogP contribution in [0.3, 0.4) is 0 Å². The first-order valence-corrected chi connectivity index (χ1v) is 5.46. The number of nitriles is 1. The van der Waals surface area contributed by atoms with Crippen molar-refractivity contribution in [3.05, 3.63) is 69.4 Å². The van der Waals surface area contributed by atoms with Gasteiger partial charge in [-0.2, -0.15) is 5.26 Å². The van der Waals surface area contributed by atoms with Crippen molar-refractivity contribution in [3.63, 3.8) is 0 Å². The Morgan fingerprint density at radius 1 is 1.39 bits per heavy atom. The van der Waals surface area contributed by atoms with Crippen molar-refractivity contribution in [1.82, 2.24) is 4.57 Å². The van der Waals surface area contributed by atoms with E-state index in [1.54, 1.807) is 31.3 Å². The van der Waals surface area contributed by atoms with Crippen LogP contribution in [-0.4, -0.2) is 4.57 Å². The molecule has 0 spiro atoms. The van der Waals surface area contributed by atoms with Gasteiger partial charge in [0.1, 0.15) is 17.4 Å². The average Bonchev–Trinajstić information content (AvgIpc) is 2.34. The Bertz CT molecular complexity index is 683. The maximum absolute atomic E-state index is 13.0. The second kappa shape index (κ2) is 4.84. The van der Waals surface area contributed by atoms with Gasteiger partial charge in [0.25, 0.3) is 5.56 Å². The van der Waals surface area contributed by atoms with E-state index in [4.69, 9.17) is 5.26 Å². The minimum absolute atomic E-state index is 0.133. The van der Waals surface area contributed by atoms with Crippen LogP contribution < -0.4 is 5.56 Å². The van der Waals surface area contributed by atoms with Crippen LogP contribution >= 0.6 is 0 Å². The highest BCUT2D eigenvalue weighted by atomic mass is 19.1. The van der Waals surface area contributed by atoms with Gasteiger partial charge in [-0.3, -0.25) is 4.79 Å². The van der Waals surface area contributed by atoms with Crippen molar-refractivity contribution in [1.29, 1.82) is 5.26 Å². The molecular weight excluding hydrogens is 231 g/mol. The number of hydrogen-bond donors (Lipinski definition) is 0. The lowest BCUT2D eigenvalue weighted by atomic mass is 10.1. The molecule has 0 aliphatic heterocycles. The molecule has 0 aliphatic carbocycles. The van der Waals surface area contributed by atoms with Gasteiger partial charge in [0.2, 0.25) is 0 Å². The Labute approximate surface area is 104 Å². The molecular formula is C14H11FN2O. The summed E-state index contributed by atoms with van der Waals surface area (Å²) < 4.78 is 14.4. The van der Waals surface area contributed by atoms with Gasteiger partial charge in [-0.1, -0.05) is 12.1 Å². The fourth-order valence-corrected chi connectivity index (χ4v) is 1.76. The van der Waals surface area contributed by atoms with Crippen LogP contribution in [0.4, 0.5) is 4.39 Å². The lowest BCUT2D eigenvalue weighted by Gasteiger charge is -2.07. The molecule has 1 heterocycles. The molecule has 0 fully saturated rings. The van der Waals surface area contributed by atoms with Crippen LogP contribution in [0.1, 0.15) is 16.7 Å². The molecule has 2 rings (SSSR count). The summed E-state index contributed by atoms with van der Waals surface area (Å²) in [5.41, 5.74) is 1.12. The molecule has 0 unspecified atom stereocenters. The maximum atomic E-state index is 13.0. The summed E-state index contributed by atoms with van der Waals surface area (Å²) in [7, 11) is 0. The van der Waals surface area contributed by atoms with E-state index in [0.29, 0.717) is 11.1 Å². The molecule has 18 heavy (non-hydrogen) atoms. The number of halogens is 1. The highest BCUT2D eigenvalue weighted by Gasteiger charge is 2.06. The van der Waals surface area contributed by atoms with E-state index in [-0.39, 0.29) is 23.5 Å². The molecule has 0 saturated carbocycles. The lowest BCUT2D eigenvalue weighted by Crippen LogP contribution is -2.23. The van der Waals surface area contributed by atoms with E-state index >= 15 is 0 Å². The van der Waals surface area contributed by atoms with Crippen molar-refractivity contribution in [2.45, 2.75) is 13.5 Å². The van der Waals surface area contributed by atoms with Crippen molar-refractivity contribution >= 4 is 0 Å². The zero-order valence-corrected chi connectivity index (χ0v) is 9.85. The van der Waals surface area contributed by atoms with Gasteiger partial charge in [-0.05, 0) is 36.2 Å². The Morgan fingerprint density at radius 3 is 2.83 bits per heavy atom. The minimum atomic E-state index is -0.346. The number of benzene rings is 1. The Morgan fingerprint density at radius 2 is 2.17 bits per heavy atom. The fraction of sp³-hybridized carbons (Fsp3) is 0.143. The van der Waals surface area contributed by atoms with Gasteiger partial charge in [0.05, 0.1) is 6.54 Å². The van der Waals surface area contributed by atoms with Crippen LogP contribution in [-0.2, 0) is 6.54 Å². The van der Waals surface area contributed by atoms with E-state index in [2.05, 4.69) is 0 Å². The molecule has 3 nitrogen and oxygen atoms in total. The third-order valence-electron chi connectivity index (χ3n) is 2.73. The normalized spacial score (nSPS) is 10.1. The maximum Gasteiger partial charge on any atom is 0.269 e. The van der Waals surface area contributed by atoms with E-state index in [0.717, 1.165) is 0 Å². The van der Waals surface area contributed by atoms with Gasteiger partial charge >= 0.3 is 0 Å². The van der Waals surface area contributed by atoms with E-state index < -0.39 is 0 Å². The molecule has 0 saturated heterocycles. The highest BCUT2D eigenvalue weighted by Crippen LogP contribution is 2.06. The number of aromatic nitrogens is 1. The Hall–Kier alpha value is -2.41. The number of hydrogen-bond acceptors (Lipinski definition) is 2. The second-order valence-corrected chi connectivity index (χ2v) is 4.05. The zero-order valence-electron chi connectivity index (χ0n) is 9.85. The summed E-state index contributed by atoms with van der Waals surface area (Å²) in [6, 6.07) is 9.65. The molecule has 1 aromatic heterocycles. The van der Waals surface area contributed by atoms with Crippen molar-refractivity contribution in [3.8, 4) is 6.07 Å². The largest absolute Gasteiger partial charge is 0.310 e. The monoisotopic (exact) mass is 242 g/mol. The molecule has 0 aliphatic rings. The van der Waals surface area contributed by atoms with Gasteiger partial charge in [0, 0.05) is 6.20 Å². The van der Waals surface area contributed by atoms with Crippen LogP contribution in [0, 0.1) is 24.1 Å². The zero-order chi connectivity index (χ0) is 13.1. The first kappa shape index (κ1) is 12.1. The van der Waals surface area contributed by atoms with Gasteiger partial charge in [-0.25, -0.2) is 4.39 Å². The van der Waals surface area contributed by atoms with Gasteiger partial charge in [-0.15, -0.1) is 0 Å². The molecule has 4 heteroatoms. The summed E-state index contributed by atoms with van der Waals surface area (Å²) in [6.07, 6.45) is 1.61. The summed E-state index contributed by atoms with van der Waals surface area (Å²) in [5, 5.41) is 8.91. The van der Waals surface area contributed by atoms with Crippen molar-refractivity contribution in [2.24, 2.45) is 0 Å². The summed E-state index contributed by atoms with van der Waals surface area (Å²) in [5.74, 6) is -0.340. The average molecular weight is 242 g/mol. The smallest absolute Gasteiger partial charge is 0.269 e. The quantitative estimate of drug-likeness (QED) is 0.810.